The average Bonchev–Trinajstić information content (AvgIpc) is 1.96. The van der Waals surface area contributed by atoms with Crippen molar-refractivity contribution in [3.8, 4) is 11.5 Å². The van der Waals surface area contributed by atoms with E-state index in [1.165, 1.54) is 0 Å². The quantitative estimate of drug-likeness (QED) is 0.571. The molecule has 0 unspecified atom stereocenters. The third-order valence-electron chi connectivity index (χ3n) is 1.33. The van der Waals surface area contributed by atoms with Gasteiger partial charge in [-0.15, -0.1) is 13.2 Å². The van der Waals surface area contributed by atoms with Crippen molar-refractivity contribution >= 4 is 0 Å². The molecule has 0 radical (unpaired) electrons. The molecule has 0 fully saturated rings. The first-order valence-electron chi connectivity index (χ1n) is 3.41. The van der Waals surface area contributed by atoms with Crippen LogP contribution < -0.4 is 4.74 Å². The number of aromatic hydroxyl groups is 1. The summed E-state index contributed by atoms with van der Waals surface area (Å²) in [5.41, 5.74) is -0.274. The second-order valence-corrected chi connectivity index (χ2v) is 2.42. The molecule has 78 valence electrons. The van der Waals surface area contributed by atoms with Gasteiger partial charge in [0, 0.05) is 6.07 Å². The number of hydrogen-bond acceptors (Lipinski definition) is 3. The lowest BCUT2D eigenvalue weighted by molar-refractivity contribution is -0.275. The number of alkyl halides is 3. The third kappa shape index (κ3) is 2.48. The van der Waals surface area contributed by atoms with Gasteiger partial charge in [-0.1, -0.05) is 0 Å². The zero-order valence-electron chi connectivity index (χ0n) is 6.89. The molecule has 0 aliphatic heterocycles. The zero-order valence-corrected chi connectivity index (χ0v) is 6.89. The second-order valence-electron chi connectivity index (χ2n) is 2.42. The molecule has 0 aliphatic carbocycles. The van der Waals surface area contributed by atoms with E-state index in [1.54, 1.807) is 0 Å². The van der Waals surface area contributed by atoms with Gasteiger partial charge in [0.15, 0.2) is 11.5 Å². The first kappa shape index (κ1) is 10.6. The number of hydrogen-bond donors (Lipinski definition) is 1. The van der Waals surface area contributed by atoms with E-state index in [9.17, 15) is 17.6 Å². The molecule has 1 rings (SSSR count). The highest BCUT2D eigenvalue weighted by atomic mass is 19.4. The predicted octanol–water partition coefficient (Wildman–Crippen LogP) is 2.13. The van der Waals surface area contributed by atoms with Gasteiger partial charge < -0.3 is 9.84 Å². The average molecular weight is 211 g/mol. The number of aryl methyl sites for hydroxylation is 1. The summed E-state index contributed by atoms with van der Waals surface area (Å²) < 4.78 is 51.0. The summed E-state index contributed by atoms with van der Waals surface area (Å²) in [5, 5.41) is 9.03. The van der Waals surface area contributed by atoms with Crippen LogP contribution >= 0.6 is 0 Å². The Labute approximate surface area is 76.0 Å². The molecule has 1 aromatic rings. The van der Waals surface area contributed by atoms with Gasteiger partial charge in [0.25, 0.3) is 0 Å². The maximum Gasteiger partial charge on any atom is 0.573 e. The van der Waals surface area contributed by atoms with Crippen molar-refractivity contribution in [3.63, 3.8) is 0 Å². The highest BCUT2D eigenvalue weighted by molar-refractivity contribution is 5.40. The number of aromatic nitrogens is 1. The van der Waals surface area contributed by atoms with Gasteiger partial charge in [-0.05, 0) is 6.92 Å². The lowest BCUT2D eigenvalue weighted by Crippen LogP contribution is -2.17. The lowest BCUT2D eigenvalue weighted by Gasteiger charge is -2.10. The maximum absolute atomic E-state index is 12.5. The smallest absolute Gasteiger partial charge is 0.503 e. The number of rotatable bonds is 1. The first-order valence-corrected chi connectivity index (χ1v) is 3.41. The molecule has 0 atom stereocenters. The summed E-state index contributed by atoms with van der Waals surface area (Å²) >= 11 is 0. The van der Waals surface area contributed by atoms with Crippen LogP contribution in [-0.2, 0) is 0 Å². The Hall–Kier alpha value is -1.53. The van der Waals surface area contributed by atoms with Crippen molar-refractivity contribution in [2.24, 2.45) is 0 Å². The largest absolute Gasteiger partial charge is 0.573 e. The fraction of sp³-hybridized carbons (Fsp3) is 0.286. The Morgan fingerprint density at radius 2 is 2.00 bits per heavy atom. The standard InChI is InChI=1S/C7H5F4NO2/c1-3-6(13)4(2-5(8)12-3)14-7(9,10)11/h2,13H,1H3. The van der Waals surface area contributed by atoms with E-state index in [-0.39, 0.29) is 5.69 Å². The minimum atomic E-state index is -4.97. The second kappa shape index (κ2) is 3.32. The highest BCUT2D eigenvalue weighted by Crippen LogP contribution is 2.33. The van der Waals surface area contributed by atoms with Gasteiger partial charge in [0.05, 0.1) is 5.69 Å². The van der Waals surface area contributed by atoms with Crippen LogP contribution in [0.2, 0.25) is 0 Å². The van der Waals surface area contributed by atoms with E-state index in [4.69, 9.17) is 5.11 Å². The van der Waals surface area contributed by atoms with Gasteiger partial charge in [0.2, 0.25) is 5.95 Å². The number of nitrogens with zero attached hydrogens (tertiary/aromatic N) is 1. The Kier molecular flexibility index (Phi) is 2.50. The SMILES string of the molecule is Cc1nc(F)cc(OC(F)(F)F)c1O. The fourth-order valence-corrected chi connectivity index (χ4v) is 0.803. The lowest BCUT2D eigenvalue weighted by atomic mass is 10.3. The third-order valence-corrected chi connectivity index (χ3v) is 1.33. The van der Waals surface area contributed by atoms with E-state index in [1.807, 2.05) is 0 Å². The van der Waals surface area contributed by atoms with E-state index in [2.05, 4.69) is 9.72 Å². The summed E-state index contributed by atoms with van der Waals surface area (Å²) in [6.45, 7) is 1.15. The molecule has 1 heterocycles. The van der Waals surface area contributed by atoms with Gasteiger partial charge >= 0.3 is 6.36 Å². The van der Waals surface area contributed by atoms with Gasteiger partial charge in [-0.3, -0.25) is 0 Å². The van der Waals surface area contributed by atoms with E-state index in [0.717, 1.165) is 6.92 Å². The molecular formula is C7H5F4NO2. The first-order chi connectivity index (χ1) is 6.29. The summed E-state index contributed by atoms with van der Waals surface area (Å²) in [6, 6.07) is 0.357. The van der Waals surface area contributed by atoms with Crippen molar-refractivity contribution in [1.82, 2.24) is 4.98 Å². The van der Waals surface area contributed by atoms with Gasteiger partial charge in [0.1, 0.15) is 0 Å². The van der Waals surface area contributed by atoms with Gasteiger partial charge in [-0.2, -0.15) is 4.39 Å². The molecule has 3 nitrogen and oxygen atoms in total. The Morgan fingerprint density at radius 3 is 2.50 bits per heavy atom. The molecule has 0 aliphatic rings. The summed E-state index contributed by atoms with van der Waals surface area (Å²) in [7, 11) is 0. The topological polar surface area (TPSA) is 42.4 Å². The maximum atomic E-state index is 12.5. The molecule has 1 N–H and O–H groups in total. The number of halogens is 4. The zero-order chi connectivity index (χ0) is 10.9. The van der Waals surface area contributed by atoms with Gasteiger partial charge in [-0.25, -0.2) is 4.98 Å². The van der Waals surface area contributed by atoms with E-state index >= 15 is 0 Å². The minimum absolute atomic E-state index is 0.274. The van der Waals surface area contributed by atoms with E-state index in [0.29, 0.717) is 6.07 Å². The molecule has 7 heteroatoms. The predicted molar refractivity (Wildman–Crippen MR) is 37.3 cm³/mol. The molecule has 14 heavy (non-hydrogen) atoms. The van der Waals surface area contributed by atoms with Crippen LogP contribution in [0.4, 0.5) is 17.6 Å². The molecule has 0 saturated heterocycles. The van der Waals surface area contributed by atoms with Crippen molar-refractivity contribution in [3.05, 3.63) is 17.7 Å². The van der Waals surface area contributed by atoms with Crippen LogP contribution in [0, 0.1) is 12.9 Å². The molecule has 0 saturated carbocycles. The summed E-state index contributed by atoms with van der Waals surface area (Å²) in [5.74, 6) is -2.98. The summed E-state index contributed by atoms with van der Waals surface area (Å²) in [6.07, 6.45) is -4.97. The minimum Gasteiger partial charge on any atom is -0.503 e. The number of ether oxygens (including phenoxy) is 1. The van der Waals surface area contributed by atoms with Crippen molar-refractivity contribution in [2.75, 3.05) is 0 Å². The van der Waals surface area contributed by atoms with E-state index < -0.39 is 23.8 Å². The van der Waals surface area contributed by atoms with Crippen LogP contribution in [-0.4, -0.2) is 16.5 Å². The Bertz CT molecular complexity index is 350. The van der Waals surface area contributed by atoms with Crippen molar-refractivity contribution in [2.45, 2.75) is 13.3 Å². The Morgan fingerprint density at radius 1 is 1.43 bits per heavy atom. The molecule has 1 aromatic heterocycles. The summed E-state index contributed by atoms with van der Waals surface area (Å²) in [4.78, 5) is 3.10. The molecule has 0 amide bonds. The van der Waals surface area contributed by atoms with Crippen LogP contribution in [0.3, 0.4) is 0 Å². The molecule has 0 bridgehead atoms. The van der Waals surface area contributed by atoms with Crippen LogP contribution in [0.1, 0.15) is 5.69 Å². The molecular weight excluding hydrogens is 206 g/mol. The number of pyridine rings is 1. The van der Waals surface area contributed by atoms with Crippen molar-refractivity contribution in [1.29, 1.82) is 0 Å². The molecule has 0 spiro atoms. The highest BCUT2D eigenvalue weighted by Gasteiger charge is 2.33. The normalized spacial score (nSPS) is 11.5. The monoisotopic (exact) mass is 211 g/mol. The van der Waals surface area contributed by atoms with Crippen LogP contribution in [0.25, 0.3) is 0 Å². The van der Waals surface area contributed by atoms with Crippen LogP contribution in [0.15, 0.2) is 6.07 Å². The fourth-order valence-electron chi connectivity index (χ4n) is 0.803. The van der Waals surface area contributed by atoms with Crippen molar-refractivity contribution < 1.29 is 27.4 Å². The van der Waals surface area contributed by atoms with Crippen LogP contribution in [0.5, 0.6) is 11.5 Å². The Balaban J connectivity index is 3.09. The molecule has 0 aromatic carbocycles.